The molecular formula is C37H65NO7. The minimum Gasteiger partial charge on any atom is -0.486 e. The molecule has 0 amide bonds. The number of aliphatic hydroxyl groups is 1. The Balaban J connectivity index is -0.00000138. The lowest BCUT2D eigenvalue weighted by Gasteiger charge is -2.36. The molecule has 0 aliphatic rings. The summed E-state index contributed by atoms with van der Waals surface area (Å²) in [5, 5.41) is 25.6. The maximum absolute atomic E-state index is 10.7. The van der Waals surface area contributed by atoms with Gasteiger partial charge in [0.15, 0.2) is 6.29 Å². The minimum absolute atomic E-state index is 0.0446. The summed E-state index contributed by atoms with van der Waals surface area (Å²) in [6.07, 6.45) is 11.5. The van der Waals surface area contributed by atoms with Crippen molar-refractivity contribution < 1.29 is 34.4 Å². The Morgan fingerprint density at radius 3 is 1.82 bits per heavy atom. The number of carboxylic acid groups (broad SMARTS) is 2. The van der Waals surface area contributed by atoms with Crippen molar-refractivity contribution in [3.8, 4) is 5.75 Å². The van der Waals surface area contributed by atoms with Crippen molar-refractivity contribution in [2.45, 2.75) is 127 Å². The molecule has 0 heterocycles. The summed E-state index contributed by atoms with van der Waals surface area (Å²) in [5.74, 6) is -0.433. The molecule has 0 aliphatic carbocycles. The molecule has 0 saturated carbocycles. The van der Waals surface area contributed by atoms with Crippen molar-refractivity contribution in [1.29, 1.82) is 0 Å². The molecule has 0 saturated heterocycles. The van der Waals surface area contributed by atoms with E-state index < -0.39 is 11.9 Å². The SMILES string of the molecule is CC(=O)O.CCC(=O)O.CCC(CC)(C(/C=C\C(C)CCC(O)C(C)(C)C)=C/C(C)(C)C)c1ccc(OCC=O)c(C)c1.CN. The normalized spacial score (nSPS) is 13.2. The predicted octanol–water partition coefficient (Wildman–Crippen LogP) is 8.13. The second-order valence-corrected chi connectivity index (χ2v) is 13.3. The molecule has 2 atom stereocenters. The first kappa shape index (κ1) is 46.4. The molecule has 8 nitrogen and oxygen atoms in total. The molecule has 0 spiro atoms. The van der Waals surface area contributed by atoms with Gasteiger partial charge in [-0.25, -0.2) is 0 Å². The molecule has 0 aromatic heterocycles. The van der Waals surface area contributed by atoms with Gasteiger partial charge in [-0.1, -0.05) is 99.6 Å². The van der Waals surface area contributed by atoms with Gasteiger partial charge in [-0.2, -0.15) is 0 Å². The largest absolute Gasteiger partial charge is 0.486 e. The second kappa shape index (κ2) is 23.4. The molecule has 5 N–H and O–H groups in total. The van der Waals surface area contributed by atoms with Gasteiger partial charge in [-0.15, -0.1) is 0 Å². The third-order valence-corrected chi connectivity index (χ3v) is 7.18. The molecule has 1 aromatic rings. The van der Waals surface area contributed by atoms with E-state index in [9.17, 15) is 14.7 Å². The van der Waals surface area contributed by atoms with E-state index >= 15 is 0 Å². The Morgan fingerprint density at radius 1 is 0.978 bits per heavy atom. The summed E-state index contributed by atoms with van der Waals surface area (Å²) in [5.41, 5.74) is 8.03. The third kappa shape index (κ3) is 20.6. The summed E-state index contributed by atoms with van der Waals surface area (Å²) in [4.78, 5) is 29.1. The van der Waals surface area contributed by atoms with Gasteiger partial charge in [0.25, 0.3) is 5.97 Å². The van der Waals surface area contributed by atoms with Crippen LogP contribution in [0.5, 0.6) is 5.75 Å². The van der Waals surface area contributed by atoms with E-state index in [1.54, 1.807) is 6.92 Å². The Bertz CT molecular complexity index is 1040. The lowest BCUT2D eigenvalue weighted by Crippen LogP contribution is -2.28. The van der Waals surface area contributed by atoms with E-state index in [0.717, 1.165) is 50.2 Å². The zero-order valence-corrected chi connectivity index (χ0v) is 30.5. The lowest BCUT2D eigenvalue weighted by molar-refractivity contribution is -0.137. The van der Waals surface area contributed by atoms with E-state index in [-0.39, 0.29) is 35.4 Å². The molecule has 2 unspecified atom stereocenters. The van der Waals surface area contributed by atoms with Crippen LogP contribution in [0.1, 0.15) is 119 Å². The number of carbonyl (C=O) groups excluding carboxylic acids is 1. The van der Waals surface area contributed by atoms with Crippen molar-refractivity contribution >= 4 is 18.2 Å². The number of hydrogen-bond acceptors (Lipinski definition) is 6. The molecule has 0 aliphatic heterocycles. The topological polar surface area (TPSA) is 147 Å². The van der Waals surface area contributed by atoms with Crippen LogP contribution < -0.4 is 10.5 Å². The van der Waals surface area contributed by atoms with Crippen molar-refractivity contribution in [2.24, 2.45) is 22.5 Å². The first-order valence-corrected chi connectivity index (χ1v) is 16.0. The molecule has 0 fully saturated rings. The van der Waals surface area contributed by atoms with Gasteiger partial charge >= 0.3 is 5.97 Å². The Labute approximate surface area is 274 Å². The van der Waals surface area contributed by atoms with Crippen molar-refractivity contribution in [3.63, 3.8) is 0 Å². The Kier molecular flexibility index (Phi) is 24.1. The highest BCUT2D eigenvalue weighted by molar-refractivity contribution is 5.66. The number of ether oxygens (including phenoxy) is 1. The molecule has 8 heteroatoms. The molecule has 1 aromatic carbocycles. The van der Waals surface area contributed by atoms with Gasteiger partial charge in [-0.3, -0.25) is 14.4 Å². The minimum atomic E-state index is -0.833. The maximum Gasteiger partial charge on any atom is 0.303 e. The number of carbonyl (C=O) groups is 3. The molecule has 45 heavy (non-hydrogen) atoms. The van der Waals surface area contributed by atoms with Gasteiger partial charge in [0, 0.05) is 18.8 Å². The summed E-state index contributed by atoms with van der Waals surface area (Å²) < 4.78 is 5.59. The summed E-state index contributed by atoms with van der Waals surface area (Å²) in [6, 6.07) is 6.39. The summed E-state index contributed by atoms with van der Waals surface area (Å²) >= 11 is 0. The molecular weight excluding hydrogens is 570 g/mol. The fourth-order valence-corrected chi connectivity index (χ4v) is 4.50. The number of rotatable bonds is 13. The lowest BCUT2D eigenvalue weighted by atomic mass is 9.68. The summed E-state index contributed by atoms with van der Waals surface area (Å²) in [7, 11) is 1.50. The van der Waals surface area contributed by atoms with Crippen LogP contribution in [0.2, 0.25) is 0 Å². The highest BCUT2D eigenvalue weighted by atomic mass is 16.5. The average Bonchev–Trinajstić information content (AvgIpc) is 2.94. The smallest absolute Gasteiger partial charge is 0.303 e. The molecule has 1 rings (SSSR count). The van der Waals surface area contributed by atoms with E-state index in [1.807, 2.05) is 13.0 Å². The number of nitrogens with two attached hydrogens (primary N) is 1. The van der Waals surface area contributed by atoms with Crippen molar-refractivity contribution in [3.05, 3.63) is 53.1 Å². The van der Waals surface area contributed by atoms with Crippen molar-refractivity contribution in [2.75, 3.05) is 13.7 Å². The van der Waals surface area contributed by atoms with Gasteiger partial charge in [0.1, 0.15) is 12.4 Å². The monoisotopic (exact) mass is 635 g/mol. The number of aryl methyl sites for hydroxylation is 1. The number of benzene rings is 1. The van der Waals surface area contributed by atoms with Crippen LogP contribution in [-0.4, -0.2) is 53.3 Å². The van der Waals surface area contributed by atoms with E-state index in [2.05, 4.69) is 98.4 Å². The zero-order chi connectivity index (χ0) is 36.0. The van der Waals surface area contributed by atoms with Crippen LogP contribution in [0.15, 0.2) is 42.0 Å². The molecule has 0 radical (unpaired) electrons. The number of aldehydes is 1. The van der Waals surface area contributed by atoms with E-state index in [4.69, 9.17) is 19.7 Å². The van der Waals surface area contributed by atoms with Crippen LogP contribution in [-0.2, 0) is 19.8 Å². The number of carboxylic acids is 2. The quantitative estimate of drug-likeness (QED) is 0.125. The van der Waals surface area contributed by atoms with Crippen LogP contribution in [0, 0.1) is 23.7 Å². The Morgan fingerprint density at radius 2 is 1.47 bits per heavy atom. The zero-order valence-electron chi connectivity index (χ0n) is 30.5. The highest BCUT2D eigenvalue weighted by Gasteiger charge is 2.33. The maximum atomic E-state index is 10.7. The van der Waals surface area contributed by atoms with Gasteiger partial charge in [0.05, 0.1) is 6.10 Å². The van der Waals surface area contributed by atoms with Crippen LogP contribution in [0.3, 0.4) is 0 Å². The first-order valence-electron chi connectivity index (χ1n) is 16.0. The van der Waals surface area contributed by atoms with Gasteiger partial charge < -0.3 is 25.8 Å². The van der Waals surface area contributed by atoms with Crippen molar-refractivity contribution in [1.82, 2.24) is 0 Å². The number of aliphatic carboxylic acids is 2. The van der Waals surface area contributed by atoms with E-state index in [1.165, 1.54) is 18.2 Å². The number of hydrogen-bond donors (Lipinski definition) is 4. The number of allylic oxidation sites excluding steroid dienone is 4. The fraction of sp³-hybridized carbons (Fsp3) is 0.649. The highest BCUT2D eigenvalue weighted by Crippen LogP contribution is 2.43. The van der Waals surface area contributed by atoms with Crippen LogP contribution in [0.4, 0.5) is 0 Å². The average molecular weight is 636 g/mol. The second-order valence-electron chi connectivity index (χ2n) is 13.3. The first-order chi connectivity index (χ1) is 20.7. The molecule has 0 bridgehead atoms. The molecule has 260 valence electrons. The summed E-state index contributed by atoms with van der Waals surface area (Å²) in [6.45, 7) is 24.6. The fourth-order valence-electron chi connectivity index (χ4n) is 4.50. The standard InChI is InChI=1S/C31H50O3.C3H6O2.C2H4O2.CH5N/c1-11-31(12-2,25-16-17-27(24(4)21-25)34-20-19-32)26(22-29(5,6)7)15-13-23(3)14-18-28(33)30(8,9)10;1-2-3(4)5;1-2(3)4;1-2/h13,15-17,19,21-23,28,33H,11-12,14,18,20H2,1-10H3;2H2,1H3,(H,4,5);1H3,(H,3,4);2H2,1H3/b15-13-,26-22+;;;. The third-order valence-electron chi connectivity index (χ3n) is 7.18. The van der Waals surface area contributed by atoms with E-state index in [0.29, 0.717) is 5.92 Å². The van der Waals surface area contributed by atoms with Crippen LogP contribution >= 0.6 is 0 Å². The predicted molar refractivity (Wildman–Crippen MR) is 187 cm³/mol. The number of aliphatic hydroxyl groups excluding tert-OH is 1. The van der Waals surface area contributed by atoms with Gasteiger partial charge in [-0.05, 0) is 79.2 Å². The Hall–Kier alpha value is -2.97. The van der Waals surface area contributed by atoms with Crippen LogP contribution in [0.25, 0.3) is 0 Å². The van der Waals surface area contributed by atoms with Gasteiger partial charge in [0.2, 0.25) is 0 Å².